The molecular weight excluding hydrogens is 162 g/mol. The van der Waals surface area contributed by atoms with Crippen LogP contribution in [0.3, 0.4) is 0 Å². The predicted octanol–water partition coefficient (Wildman–Crippen LogP) is 1.90. The Morgan fingerprint density at radius 2 is 2.38 bits per heavy atom. The summed E-state index contributed by atoms with van der Waals surface area (Å²) in [4.78, 5) is 0. The highest BCUT2D eigenvalue weighted by molar-refractivity contribution is 5.15. The molecule has 2 atom stereocenters. The van der Waals surface area contributed by atoms with Gasteiger partial charge in [-0.2, -0.15) is 0 Å². The summed E-state index contributed by atoms with van der Waals surface area (Å²) in [6, 6.07) is 4.26. The maximum absolute atomic E-state index is 9.22. The third-order valence-electron chi connectivity index (χ3n) is 3.26. The van der Waals surface area contributed by atoms with Crippen LogP contribution in [0.25, 0.3) is 0 Å². The first-order chi connectivity index (χ1) is 6.33. The summed E-state index contributed by atoms with van der Waals surface area (Å²) < 4.78 is 2.18. The van der Waals surface area contributed by atoms with E-state index in [2.05, 4.69) is 29.9 Å². The van der Waals surface area contributed by atoms with Gasteiger partial charge in [-0.1, -0.05) is 6.42 Å². The minimum atomic E-state index is 0.343. The van der Waals surface area contributed by atoms with Crippen molar-refractivity contribution in [2.75, 3.05) is 6.61 Å². The Hall–Kier alpha value is -0.760. The van der Waals surface area contributed by atoms with E-state index in [0.717, 1.165) is 0 Å². The van der Waals surface area contributed by atoms with Gasteiger partial charge in [-0.15, -0.1) is 0 Å². The zero-order valence-electron chi connectivity index (χ0n) is 8.11. The molecule has 0 amide bonds. The van der Waals surface area contributed by atoms with Crippen LogP contribution in [-0.2, 0) is 7.05 Å². The fourth-order valence-corrected chi connectivity index (χ4v) is 2.50. The summed E-state index contributed by atoms with van der Waals surface area (Å²) in [6.45, 7) is 0.343. The second-order valence-electron chi connectivity index (χ2n) is 4.02. The lowest BCUT2D eigenvalue weighted by molar-refractivity contribution is 0.215. The van der Waals surface area contributed by atoms with E-state index in [4.69, 9.17) is 0 Å². The second-order valence-corrected chi connectivity index (χ2v) is 4.02. The average Bonchev–Trinajstić information content (AvgIpc) is 2.71. The Morgan fingerprint density at radius 3 is 3.00 bits per heavy atom. The van der Waals surface area contributed by atoms with E-state index >= 15 is 0 Å². The van der Waals surface area contributed by atoms with Crippen LogP contribution in [0.1, 0.15) is 30.9 Å². The molecule has 2 unspecified atom stereocenters. The summed E-state index contributed by atoms with van der Waals surface area (Å²) in [5.74, 6) is 1.08. The zero-order valence-corrected chi connectivity index (χ0v) is 8.11. The predicted molar refractivity (Wildman–Crippen MR) is 52.6 cm³/mol. The number of aliphatic hydroxyl groups excluding tert-OH is 1. The van der Waals surface area contributed by atoms with Gasteiger partial charge in [0.1, 0.15) is 0 Å². The number of hydrogen-bond acceptors (Lipinski definition) is 1. The van der Waals surface area contributed by atoms with Crippen LogP contribution in [0.15, 0.2) is 18.3 Å². The summed E-state index contributed by atoms with van der Waals surface area (Å²) >= 11 is 0. The number of aryl methyl sites for hydroxylation is 1. The number of rotatable bonds is 2. The minimum absolute atomic E-state index is 0.343. The standard InChI is InChI=1S/C11H17NO/c1-12-7-3-6-11(12)10-5-2-4-9(10)8-13/h3,6-7,9-10,13H,2,4-5,8H2,1H3. The SMILES string of the molecule is Cn1cccc1C1CCCC1CO. The minimum Gasteiger partial charge on any atom is -0.396 e. The van der Waals surface area contributed by atoms with Gasteiger partial charge >= 0.3 is 0 Å². The Balaban J connectivity index is 2.20. The van der Waals surface area contributed by atoms with E-state index in [9.17, 15) is 5.11 Å². The molecule has 1 aromatic heterocycles. The molecule has 1 fully saturated rings. The maximum atomic E-state index is 9.22. The molecule has 1 heterocycles. The third kappa shape index (κ3) is 1.51. The topological polar surface area (TPSA) is 25.2 Å². The molecule has 2 heteroatoms. The summed E-state index contributed by atoms with van der Waals surface area (Å²) in [7, 11) is 2.09. The van der Waals surface area contributed by atoms with Gasteiger partial charge < -0.3 is 9.67 Å². The summed E-state index contributed by atoms with van der Waals surface area (Å²) in [5.41, 5.74) is 1.39. The Kier molecular flexibility index (Phi) is 2.40. The number of nitrogens with zero attached hydrogens (tertiary/aromatic N) is 1. The molecule has 0 bridgehead atoms. The lowest BCUT2D eigenvalue weighted by Gasteiger charge is -2.18. The molecule has 1 aliphatic carbocycles. The molecule has 0 saturated heterocycles. The van der Waals surface area contributed by atoms with Crippen molar-refractivity contribution in [2.45, 2.75) is 25.2 Å². The van der Waals surface area contributed by atoms with Crippen molar-refractivity contribution in [3.05, 3.63) is 24.0 Å². The number of aromatic nitrogens is 1. The molecule has 1 aromatic rings. The van der Waals surface area contributed by atoms with Crippen LogP contribution >= 0.6 is 0 Å². The van der Waals surface area contributed by atoms with Gasteiger partial charge in [0, 0.05) is 31.5 Å². The van der Waals surface area contributed by atoms with Crippen molar-refractivity contribution in [1.82, 2.24) is 4.57 Å². The number of aliphatic hydroxyl groups is 1. The zero-order chi connectivity index (χ0) is 9.26. The van der Waals surface area contributed by atoms with Crippen LogP contribution in [0.4, 0.5) is 0 Å². The largest absolute Gasteiger partial charge is 0.396 e. The highest BCUT2D eigenvalue weighted by Gasteiger charge is 2.29. The molecule has 13 heavy (non-hydrogen) atoms. The van der Waals surface area contributed by atoms with Crippen molar-refractivity contribution in [2.24, 2.45) is 13.0 Å². The average molecular weight is 179 g/mol. The van der Waals surface area contributed by atoms with E-state index in [1.165, 1.54) is 25.0 Å². The highest BCUT2D eigenvalue weighted by Crippen LogP contribution is 2.38. The van der Waals surface area contributed by atoms with Gasteiger partial charge in [0.2, 0.25) is 0 Å². The first-order valence-corrected chi connectivity index (χ1v) is 5.05. The quantitative estimate of drug-likeness (QED) is 0.737. The molecule has 0 aromatic carbocycles. The summed E-state index contributed by atoms with van der Waals surface area (Å²) in [6.07, 6.45) is 5.78. The molecule has 0 spiro atoms. The smallest absolute Gasteiger partial charge is 0.0465 e. The van der Waals surface area contributed by atoms with Gasteiger partial charge in [-0.25, -0.2) is 0 Å². The van der Waals surface area contributed by atoms with Gasteiger partial charge in [0.15, 0.2) is 0 Å². The Labute approximate surface area is 79.2 Å². The van der Waals surface area contributed by atoms with E-state index in [-0.39, 0.29) is 0 Å². The first kappa shape index (κ1) is 8.82. The monoisotopic (exact) mass is 179 g/mol. The van der Waals surface area contributed by atoms with Crippen LogP contribution < -0.4 is 0 Å². The van der Waals surface area contributed by atoms with E-state index in [1.54, 1.807) is 0 Å². The molecule has 2 rings (SSSR count). The summed E-state index contributed by atoms with van der Waals surface area (Å²) in [5, 5.41) is 9.22. The van der Waals surface area contributed by atoms with Crippen molar-refractivity contribution in [1.29, 1.82) is 0 Å². The lowest BCUT2D eigenvalue weighted by atomic mass is 9.94. The van der Waals surface area contributed by atoms with E-state index in [0.29, 0.717) is 18.4 Å². The molecule has 1 aliphatic rings. The van der Waals surface area contributed by atoms with Gasteiger partial charge in [-0.3, -0.25) is 0 Å². The van der Waals surface area contributed by atoms with Crippen LogP contribution in [0.2, 0.25) is 0 Å². The molecular formula is C11H17NO. The normalized spacial score (nSPS) is 28.2. The molecule has 0 aliphatic heterocycles. The van der Waals surface area contributed by atoms with Crippen molar-refractivity contribution in [3.63, 3.8) is 0 Å². The first-order valence-electron chi connectivity index (χ1n) is 5.05. The third-order valence-corrected chi connectivity index (χ3v) is 3.26. The van der Waals surface area contributed by atoms with E-state index in [1.807, 2.05) is 0 Å². The fraction of sp³-hybridized carbons (Fsp3) is 0.636. The Bertz CT molecular complexity index is 279. The fourth-order valence-electron chi connectivity index (χ4n) is 2.50. The van der Waals surface area contributed by atoms with Crippen LogP contribution in [0.5, 0.6) is 0 Å². The second kappa shape index (κ2) is 3.54. The number of hydrogen-bond donors (Lipinski definition) is 1. The van der Waals surface area contributed by atoms with Crippen molar-refractivity contribution in [3.8, 4) is 0 Å². The van der Waals surface area contributed by atoms with Crippen molar-refractivity contribution < 1.29 is 5.11 Å². The van der Waals surface area contributed by atoms with Crippen LogP contribution in [-0.4, -0.2) is 16.3 Å². The lowest BCUT2D eigenvalue weighted by Crippen LogP contribution is -2.13. The van der Waals surface area contributed by atoms with Gasteiger partial charge in [0.25, 0.3) is 0 Å². The molecule has 0 radical (unpaired) electrons. The van der Waals surface area contributed by atoms with Crippen LogP contribution in [0, 0.1) is 5.92 Å². The highest BCUT2D eigenvalue weighted by atomic mass is 16.3. The molecule has 72 valence electrons. The molecule has 1 N–H and O–H groups in total. The molecule has 1 saturated carbocycles. The molecule has 2 nitrogen and oxygen atoms in total. The Morgan fingerprint density at radius 1 is 1.54 bits per heavy atom. The van der Waals surface area contributed by atoms with Gasteiger partial charge in [0.05, 0.1) is 0 Å². The van der Waals surface area contributed by atoms with Gasteiger partial charge in [-0.05, 0) is 30.9 Å². The maximum Gasteiger partial charge on any atom is 0.0465 e. The van der Waals surface area contributed by atoms with Crippen molar-refractivity contribution >= 4 is 0 Å². The van der Waals surface area contributed by atoms with E-state index < -0.39 is 0 Å².